The van der Waals surface area contributed by atoms with E-state index in [0.29, 0.717) is 23.2 Å². The molecule has 3 nitrogen and oxygen atoms in total. The number of aromatic nitrogens is 2. The standard InChI is InChI=1S/C22H18ClF4N.C4H3F3N2S/c1-21(20-9-8-18(23)14-28-20,13-15-6-4-2-3-5-7-15)16-10-17(22(25,26)27)12-19(24)11-16;5-4(6,7)2-1-10-3(8)9-2/h2,4-12,14H,3,13H2,1H3;1H,(H2,8,9)/t21-;/m1./s1. The Morgan fingerprint density at radius 1 is 0.974 bits per heavy atom. The summed E-state index contributed by atoms with van der Waals surface area (Å²) in [5, 5.41) is 1.24. The lowest BCUT2D eigenvalue weighted by Gasteiger charge is -2.31. The van der Waals surface area contributed by atoms with Gasteiger partial charge in [-0.3, -0.25) is 4.98 Å². The second kappa shape index (κ2) is 11.7. The van der Waals surface area contributed by atoms with E-state index < -0.39 is 34.8 Å². The van der Waals surface area contributed by atoms with Crippen LogP contribution in [0.4, 0.5) is 35.9 Å². The number of hydrogen-bond acceptors (Lipinski definition) is 4. The van der Waals surface area contributed by atoms with Crippen LogP contribution in [0.15, 0.2) is 77.9 Å². The highest BCUT2D eigenvalue weighted by Crippen LogP contribution is 2.41. The topological polar surface area (TPSA) is 51.8 Å². The summed E-state index contributed by atoms with van der Waals surface area (Å²) in [7, 11) is 0. The van der Waals surface area contributed by atoms with Gasteiger partial charge < -0.3 is 5.73 Å². The minimum atomic E-state index is -4.64. The summed E-state index contributed by atoms with van der Waals surface area (Å²) >= 11 is 6.71. The molecule has 0 saturated heterocycles. The summed E-state index contributed by atoms with van der Waals surface area (Å²) < 4.78 is 89.0. The van der Waals surface area contributed by atoms with Gasteiger partial charge in [0.15, 0.2) is 10.8 Å². The van der Waals surface area contributed by atoms with Gasteiger partial charge in [0.1, 0.15) is 5.82 Å². The first kappa shape index (κ1) is 29.4. The molecule has 1 aliphatic rings. The molecule has 1 atom stereocenters. The molecule has 0 unspecified atom stereocenters. The molecule has 0 amide bonds. The molecule has 1 aromatic carbocycles. The van der Waals surface area contributed by atoms with Crippen molar-refractivity contribution in [2.75, 3.05) is 5.73 Å². The van der Waals surface area contributed by atoms with Gasteiger partial charge in [-0.05, 0) is 61.2 Å². The van der Waals surface area contributed by atoms with Crippen LogP contribution < -0.4 is 5.73 Å². The van der Waals surface area contributed by atoms with Crippen LogP contribution in [0, 0.1) is 5.82 Å². The summed E-state index contributed by atoms with van der Waals surface area (Å²) in [5.41, 5.74) is 3.68. The average molecular weight is 576 g/mol. The van der Waals surface area contributed by atoms with Crippen LogP contribution in [0.1, 0.15) is 42.3 Å². The van der Waals surface area contributed by atoms with Crippen molar-refractivity contribution < 1.29 is 30.7 Å². The van der Waals surface area contributed by atoms with E-state index in [4.69, 9.17) is 17.3 Å². The number of thiazole rings is 1. The Morgan fingerprint density at radius 3 is 2.24 bits per heavy atom. The lowest BCUT2D eigenvalue weighted by molar-refractivity contribution is -0.140. The van der Waals surface area contributed by atoms with E-state index in [2.05, 4.69) is 9.97 Å². The van der Waals surface area contributed by atoms with Crippen molar-refractivity contribution >= 4 is 28.1 Å². The quantitative estimate of drug-likeness (QED) is 0.316. The predicted molar refractivity (Wildman–Crippen MR) is 134 cm³/mol. The zero-order chi connectivity index (χ0) is 28.1. The molecule has 1 aliphatic carbocycles. The molecule has 0 saturated carbocycles. The molecule has 12 heteroatoms. The minimum Gasteiger partial charge on any atom is -0.375 e. The van der Waals surface area contributed by atoms with Crippen LogP contribution in [-0.4, -0.2) is 9.97 Å². The second-order valence-electron chi connectivity index (χ2n) is 8.47. The summed E-state index contributed by atoms with van der Waals surface area (Å²) in [4.78, 5) is 7.39. The zero-order valence-corrected chi connectivity index (χ0v) is 21.3. The Labute approximate surface area is 223 Å². The molecule has 0 radical (unpaired) electrons. The Bertz CT molecular complexity index is 1340. The number of anilines is 1. The van der Waals surface area contributed by atoms with Gasteiger partial charge >= 0.3 is 12.4 Å². The molecular formula is C26H21ClF7N3S. The smallest absolute Gasteiger partial charge is 0.375 e. The fraction of sp³-hybridized carbons (Fsp3) is 0.231. The van der Waals surface area contributed by atoms with Crippen molar-refractivity contribution in [3.8, 4) is 0 Å². The Hall–Kier alpha value is -3.18. The molecule has 4 rings (SSSR count). The van der Waals surface area contributed by atoms with Crippen LogP contribution in [0.5, 0.6) is 0 Å². The summed E-state index contributed by atoms with van der Waals surface area (Å²) in [6.45, 7) is 1.77. The zero-order valence-electron chi connectivity index (χ0n) is 19.7. The van der Waals surface area contributed by atoms with E-state index in [9.17, 15) is 30.7 Å². The largest absolute Gasteiger partial charge is 0.434 e. The van der Waals surface area contributed by atoms with E-state index >= 15 is 0 Å². The van der Waals surface area contributed by atoms with Crippen LogP contribution in [0.25, 0.3) is 0 Å². The van der Waals surface area contributed by atoms with Crippen molar-refractivity contribution in [1.29, 1.82) is 0 Å². The highest BCUT2D eigenvalue weighted by Gasteiger charge is 2.37. The number of alkyl halides is 6. The van der Waals surface area contributed by atoms with Gasteiger partial charge in [-0.25, -0.2) is 9.37 Å². The monoisotopic (exact) mass is 575 g/mol. The molecule has 0 spiro atoms. The first-order valence-electron chi connectivity index (χ1n) is 11.0. The molecule has 2 N–H and O–H groups in total. The van der Waals surface area contributed by atoms with Gasteiger partial charge in [0.25, 0.3) is 0 Å². The van der Waals surface area contributed by atoms with Crippen molar-refractivity contribution in [3.63, 3.8) is 0 Å². The summed E-state index contributed by atoms with van der Waals surface area (Å²) in [5.74, 6) is -0.935. The van der Waals surface area contributed by atoms with E-state index in [-0.39, 0.29) is 10.7 Å². The molecule has 3 aromatic rings. The highest BCUT2D eigenvalue weighted by molar-refractivity contribution is 7.13. The lowest BCUT2D eigenvalue weighted by atomic mass is 9.73. The Balaban J connectivity index is 0.000000336. The van der Waals surface area contributed by atoms with E-state index in [1.54, 1.807) is 19.1 Å². The normalized spacial score (nSPS) is 15.2. The number of pyridine rings is 1. The molecule has 202 valence electrons. The van der Waals surface area contributed by atoms with E-state index in [1.165, 1.54) is 6.20 Å². The number of halogens is 8. The Kier molecular flexibility index (Phi) is 9.04. The summed E-state index contributed by atoms with van der Waals surface area (Å²) in [6.07, 6.45) is 3.23. The number of allylic oxidation sites excluding steroid dienone is 6. The molecule has 0 aliphatic heterocycles. The fourth-order valence-corrected chi connectivity index (χ4v) is 4.36. The number of hydrogen-bond donors (Lipinski definition) is 1. The minimum absolute atomic E-state index is 0.0627. The van der Waals surface area contributed by atoms with Crippen LogP contribution >= 0.6 is 22.9 Å². The van der Waals surface area contributed by atoms with Gasteiger partial charge in [0.2, 0.25) is 0 Å². The van der Waals surface area contributed by atoms with Crippen molar-refractivity contribution in [2.24, 2.45) is 0 Å². The molecule has 38 heavy (non-hydrogen) atoms. The first-order valence-corrected chi connectivity index (χ1v) is 12.2. The van der Waals surface area contributed by atoms with Crippen LogP contribution in [0.2, 0.25) is 5.02 Å². The molecule has 2 aromatic heterocycles. The van der Waals surface area contributed by atoms with E-state index in [0.717, 1.165) is 40.8 Å². The molecule has 2 heterocycles. The maximum atomic E-state index is 14.1. The summed E-state index contributed by atoms with van der Waals surface area (Å²) in [6, 6.07) is 5.94. The van der Waals surface area contributed by atoms with Crippen molar-refractivity contribution in [1.82, 2.24) is 9.97 Å². The third-order valence-electron chi connectivity index (χ3n) is 5.58. The van der Waals surface area contributed by atoms with Crippen LogP contribution in [-0.2, 0) is 17.8 Å². The SMILES string of the molecule is C[C@@](CC1=CC=CCC=C1)(c1cc(F)cc(C(F)(F)F)c1)c1ccc(Cl)cn1.Nc1nc(C(F)(F)F)cs1. The maximum Gasteiger partial charge on any atom is 0.434 e. The average Bonchev–Trinajstić information content (AvgIpc) is 3.12. The molecular weight excluding hydrogens is 555 g/mol. The van der Waals surface area contributed by atoms with Crippen LogP contribution in [0.3, 0.4) is 0 Å². The highest BCUT2D eigenvalue weighted by atomic mass is 35.5. The number of nitrogen functional groups attached to an aromatic ring is 1. The van der Waals surface area contributed by atoms with Gasteiger partial charge in [-0.2, -0.15) is 26.3 Å². The third-order valence-corrected chi connectivity index (χ3v) is 6.47. The fourth-order valence-electron chi connectivity index (χ4n) is 3.68. The van der Waals surface area contributed by atoms with Gasteiger partial charge in [0.05, 0.1) is 16.3 Å². The maximum absolute atomic E-state index is 14.1. The van der Waals surface area contributed by atoms with Crippen molar-refractivity contribution in [2.45, 2.75) is 37.5 Å². The Morgan fingerprint density at radius 2 is 1.68 bits per heavy atom. The van der Waals surface area contributed by atoms with Crippen molar-refractivity contribution in [3.05, 3.63) is 111 Å². The number of rotatable bonds is 4. The third kappa shape index (κ3) is 7.67. The van der Waals surface area contributed by atoms with Gasteiger partial charge in [-0.1, -0.05) is 42.0 Å². The van der Waals surface area contributed by atoms with E-state index in [1.807, 2.05) is 30.4 Å². The lowest BCUT2D eigenvalue weighted by Crippen LogP contribution is -2.26. The first-order chi connectivity index (χ1) is 17.7. The molecule has 0 bridgehead atoms. The number of nitrogens with zero attached hydrogens (tertiary/aromatic N) is 2. The van der Waals surface area contributed by atoms with Gasteiger partial charge in [0, 0.05) is 17.0 Å². The molecule has 0 fully saturated rings. The van der Waals surface area contributed by atoms with Gasteiger partial charge in [-0.15, -0.1) is 11.3 Å². The number of benzene rings is 1. The second-order valence-corrected chi connectivity index (χ2v) is 9.80. The predicted octanol–water partition coefficient (Wildman–Crippen LogP) is 8.78. The number of nitrogens with two attached hydrogens (primary N) is 1.